The van der Waals surface area contributed by atoms with Crippen molar-refractivity contribution in [3.8, 4) is 23.0 Å². The normalized spacial score (nSPS) is 15.9. The van der Waals surface area contributed by atoms with Gasteiger partial charge in [-0.2, -0.15) is 0 Å². The van der Waals surface area contributed by atoms with E-state index in [1.54, 1.807) is 28.3 Å². The SMILES string of the molecule is COc1ccc([C@H]2c3cc(OC)c(OC)cc3CCN2C(=O)[C@@H](C)Oc2ccccc2)cc1. The van der Waals surface area contributed by atoms with E-state index in [4.69, 9.17) is 18.9 Å². The van der Waals surface area contributed by atoms with Gasteiger partial charge in [-0.25, -0.2) is 0 Å². The summed E-state index contributed by atoms with van der Waals surface area (Å²) in [5.41, 5.74) is 3.14. The largest absolute Gasteiger partial charge is 0.497 e. The summed E-state index contributed by atoms with van der Waals surface area (Å²) in [6.45, 7) is 2.37. The average molecular weight is 448 g/mol. The van der Waals surface area contributed by atoms with Gasteiger partial charge in [0.25, 0.3) is 5.91 Å². The van der Waals surface area contributed by atoms with Crippen molar-refractivity contribution >= 4 is 5.91 Å². The highest BCUT2D eigenvalue weighted by atomic mass is 16.5. The summed E-state index contributed by atoms with van der Waals surface area (Å²) >= 11 is 0. The molecule has 1 heterocycles. The average Bonchev–Trinajstić information content (AvgIpc) is 2.87. The molecule has 0 unspecified atom stereocenters. The fourth-order valence-corrected chi connectivity index (χ4v) is 4.32. The van der Waals surface area contributed by atoms with Crippen molar-refractivity contribution in [1.29, 1.82) is 0 Å². The van der Waals surface area contributed by atoms with E-state index in [0.29, 0.717) is 30.2 Å². The van der Waals surface area contributed by atoms with E-state index >= 15 is 0 Å². The van der Waals surface area contributed by atoms with Crippen LogP contribution in [0.25, 0.3) is 0 Å². The highest BCUT2D eigenvalue weighted by Crippen LogP contribution is 2.41. The van der Waals surface area contributed by atoms with Gasteiger partial charge in [-0.3, -0.25) is 4.79 Å². The van der Waals surface area contributed by atoms with Crippen molar-refractivity contribution in [2.24, 2.45) is 0 Å². The van der Waals surface area contributed by atoms with Crippen LogP contribution >= 0.6 is 0 Å². The number of carbonyl (C=O) groups excluding carboxylic acids is 1. The Morgan fingerprint density at radius 2 is 1.55 bits per heavy atom. The molecule has 1 amide bonds. The van der Waals surface area contributed by atoms with E-state index in [1.807, 2.05) is 71.6 Å². The molecule has 0 aromatic heterocycles. The number of amides is 1. The van der Waals surface area contributed by atoms with E-state index in [-0.39, 0.29) is 11.9 Å². The van der Waals surface area contributed by atoms with Crippen LogP contribution in [-0.4, -0.2) is 44.8 Å². The Bertz CT molecular complexity index is 1100. The molecule has 2 atom stereocenters. The minimum absolute atomic E-state index is 0.0693. The van der Waals surface area contributed by atoms with Crippen molar-refractivity contribution < 1.29 is 23.7 Å². The summed E-state index contributed by atoms with van der Waals surface area (Å²) < 4.78 is 22.4. The molecule has 0 saturated heterocycles. The Hall–Kier alpha value is -3.67. The van der Waals surface area contributed by atoms with Crippen molar-refractivity contribution in [3.05, 3.63) is 83.4 Å². The lowest BCUT2D eigenvalue weighted by atomic mass is 9.87. The molecular formula is C27H29NO5. The van der Waals surface area contributed by atoms with Gasteiger partial charge in [-0.05, 0) is 66.4 Å². The lowest BCUT2D eigenvalue weighted by Gasteiger charge is -2.39. The highest BCUT2D eigenvalue weighted by Gasteiger charge is 2.35. The number of hydrogen-bond donors (Lipinski definition) is 0. The van der Waals surface area contributed by atoms with Crippen molar-refractivity contribution in [3.63, 3.8) is 0 Å². The van der Waals surface area contributed by atoms with Crippen LogP contribution < -0.4 is 18.9 Å². The fourth-order valence-electron chi connectivity index (χ4n) is 4.32. The van der Waals surface area contributed by atoms with Gasteiger partial charge in [-0.1, -0.05) is 30.3 Å². The van der Waals surface area contributed by atoms with Gasteiger partial charge in [0.05, 0.1) is 27.4 Å². The molecular weight excluding hydrogens is 418 g/mol. The van der Waals surface area contributed by atoms with Crippen molar-refractivity contribution in [2.75, 3.05) is 27.9 Å². The predicted octanol–water partition coefficient (Wildman–Crippen LogP) is 4.65. The second kappa shape index (κ2) is 9.86. The Labute approximate surface area is 194 Å². The van der Waals surface area contributed by atoms with E-state index in [2.05, 4.69) is 0 Å². The molecule has 0 spiro atoms. The molecule has 3 aromatic rings. The summed E-state index contributed by atoms with van der Waals surface area (Å²) in [7, 11) is 4.89. The van der Waals surface area contributed by atoms with Gasteiger partial charge in [0, 0.05) is 6.54 Å². The second-order valence-electron chi connectivity index (χ2n) is 7.94. The predicted molar refractivity (Wildman–Crippen MR) is 126 cm³/mol. The summed E-state index contributed by atoms with van der Waals surface area (Å²) in [5, 5.41) is 0. The van der Waals surface area contributed by atoms with E-state index in [9.17, 15) is 4.79 Å². The molecule has 0 fully saturated rings. The first-order valence-electron chi connectivity index (χ1n) is 11.0. The number of ether oxygens (including phenoxy) is 4. The molecule has 1 aliphatic rings. The number of hydrogen-bond acceptors (Lipinski definition) is 5. The lowest BCUT2D eigenvalue weighted by molar-refractivity contribution is -0.140. The summed E-state index contributed by atoms with van der Waals surface area (Å²) in [6, 6.07) is 20.9. The third-order valence-corrected chi connectivity index (χ3v) is 5.99. The topological polar surface area (TPSA) is 57.2 Å². The van der Waals surface area contributed by atoms with Crippen molar-refractivity contribution in [1.82, 2.24) is 4.90 Å². The van der Waals surface area contributed by atoms with Gasteiger partial charge in [0.2, 0.25) is 0 Å². The zero-order valence-corrected chi connectivity index (χ0v) is 19.4. The molecule has 3 aromatic carbocycles. The van der Waals surface area contributed by atoms with Gasteiger partial charge in [0.1, 0.15) is 11.5 Å². The number of carbonyl (C=O) groups is 1. The van der Waals surface area contributed by atoms with Crippen LogP contribution in [0.2, 0.25) is 0 Å². The van der Waals surface area contributed by atoms with Crippen LogP contribution in [0.3, 0.4) is 0 Å². The third-order valence-electron chi connectivity index (χ3n) is 5.99. The maximum atomic E-state index is 13.6. The lowest BCUT2D eigenvalue weighted by Crippen LogP contribution is -2.46. The summed E-state index contributed by atoms with van der Waals surface area (Å²) in [6.07, 6.45) is 0.0846. The van der Waals surface area contributed by atoms with E-state index in [1.165, 1.54) is 0 Å². The van der Waals surface area contributed by atoms with Gasteiger partial charge in [0.15, 0.2) is 17.6 Å². The summed E-state index contributed by atoms with van der Waals surface area (Å²) in [4.78, 5) is 15.5. The molecule has 33 heavy (non-hydrogen) atoms. The monoisotopic (exact) mass is 447 g/mol. The number of methoxy groups -OCH3 is 3. The Morgan fingerprint density at radius 3 is 2.18 bits per heavy atom. The number of fused-ring (bicyclic) bond motifs is 1. The van der Waals surface area contributed by atoms with Gasteiger partial charge in [-0.15, -0.1) is 0 Å². The molecule has 0 saturated carbocycles. The van der Waals surface area contributed by atoms with Crippen LogP contribution in [0.1, 0.15) is 29.7 Å². The maximum Gasteiger partial charge on any atom is 0.264 e. The molecule has 4 rings (SSSR count). The van der Waals surface area contributed by atoms with E-state index < -0.39 is 6.10 Å². The first kappa shape index (κ1) is 22.5. The number of para-hydroxylation sites is 1. The quantitative estimate of drug-likeness (QED) is 0.528. The molecule has 0 bridgehead atoms. The van der Waals surface area contributed by atoms with Crippen molar-refractivity contribution in [2.45, 2.75) is 25.5 Å². The Morgan fingerprint density at radius 1 is 0.879 bits per heavy atom. The zero-order chi connectivity index (χ0) is 23.4. The molecule has 1 aliphatic heterocycles. The smallest absolute Gasteiger partial charge is 0.264 e. The van der Waals surface area contributed by atoms with Gasteiger partial charge < -0.3 is 23.8 Å². The van der Waals surface area contributed by atoms with Gasteiger partial charge >= 0.3 is 0 Å². The van der Waals surface area contributed by atoms with Crippen LogP contribution in [-0.2, 0) is 11.2 Å². The van der Waals surface area contributed by atoms with Crippen LogP contribution in [0.5, 0.6) is 23.0 Å². The summed E-state index contributed by atoms with van der Waals surface area (Å²) in [5.74, 6) is 2.69. The Balaban J connectivity index is 1.73. The number of benzene rings is 3. The third kappa shape index (κ3) is 4.60. The van der Waals surface area contributed by atoms with Crippen LogP contribution in [0.15, 0.2) is 66.7 Å². The molecule has 0 N–H and O–H groups in total. The second-order valence-corrected chi connectivity index (χ2v) is 7.94. The van der Waals surface area contributed by atoms with Crippen LogP contribution in [0, 0.1) is 0 Å². The standard InChI is InChI=1S/C27H29NO5/c1-18(33-22-8-6-5-7-9-22)27(29)28-15-14-20-16-24(31-3)25(32-4)17-23(20)26(28)19-10-12-21(30-2)13-11-19/h5-13,16-18,26H,14-15H2,1-4H3/t18-,26+/m1/s1. The molecule has 6 nitrogen and oxygen atoms in total. The number of nitrogens with zero attached hydrogens (tertiary/aromatic N) is 1. The minimum Gasteiger partial charge on any atom is -0.497 e. The van der Waals surface area contributed by atoms with E-state index in [0.717, 1.165) is 22.4 Å². The number of rotatable bonds is 7. The molecule has 0 radical (unpaired) electrons. The Kier molecular flexibility index (Phi) is 6.73. The highest BCUT2D eigenvalue weighted by molar-refractivity contribution is 5.82. The first-order chi connectivity index (χ1) is 16.0. The molecule has 0 aliphatic carbocycles. The van der Waals surface area contributed by atoms with Crippen LogP contribution in [0.4, 0.5) is 0 Å². The minimum atomic E-state index is -0.630. The maximum absolute atomic E-state index is 13.6. The molecule has 6 heteroatoms. The molecule has 172 valence electrons. The first-order valence-corrected chi connectivity index (χ1v) is 11.0. The fraction of sp³-hybridized carbons (Fsp3) is 0.296. The zero-order valence-electron chi connectivity index (χ0n) is 19.4.